The normalized spacial score (nSPS) is 12.7. The number of carbonyl (C=O) groups excluding carboxylic acids is 1. The van der Waals surface area contributed by atoms with E-state index >= 15 is 0 Å². The smallest absolute Gasteiger partial charge is 0.339 e. The van der Waals surface area contributed by atoms with Gasteiger partial charge in [0, 0.05) is 29.9 Å². The van der Waals surface area contributed by atoms with Gasteiger partial charge in [-0.2, -0.15) is 0 Å². The number of ether oxygens (including phenoxy) is 3. The minimum Gasteiger partial charge on any atom is -0.493 e. The molecule has 2 aromatic carbocycles. The quantitative estimate of drug-likeness (QED) is 0.725. The van der Waals surface area contributed by atoms with Gasteiger partial charge in [-0.15, -0.1) is 0 Å². The Labute approximate surface area is 150 Å². The molecule has 6 nitrogen and oxygen atoms in total. The number of hydrogen-bond acceptors (Lipinski definition) is 6. The molecule has 0 unspecified atom stereocenters. The first-order chi connectivity index (χ1) is 12.7. The van der Waals surface area contributed by atoms with Crippen LogP contribution in [0.1, 0.15) is 15.9 Å². The number of esters is 1. The number of rotatable bonds is 4. The van der Waals surface area contributed by atoms with Crippen molar-refractivity contribution in [1.29, 1.82) is 0 Å². The molecule has 6 heteroatoms. The number of benzene rings is 2. The summed E-state index contributed by atoms with van der Waals surface area (Å²) < 4.78 is 16.1. The number of nitrogens with zero attached hydrogens (tertiary/aromatic N) is 1. The molecule has 132 valence electrons. The molecule has 0 atom stereocenters. The number of hydrogen-bond donors (Lipinski definition) is 1. The van der Waals surface area contributed by atoms with E-state index in [-0.39, 0.29) is 12.6 Å². The van der Waals surface area contributed by atoms with Crippen LogP contribution in [-0.2, 0) is 11.3 Å². The highest BCUT2D eigenvalue weighted by Gasteiger charge is 2.28. The molecule has 0 bridgehead atoms. The Balaban J connectivity index is 2.07. The van der Waals surface area contributed by atoms with Gasteiger partial charge in [-0.1, -0.05) is 0 Å². The van der Waals surface area contributed by atoms with Crippen LogP contribution < -0.4 is 14.8 Å². The standard InChI is InChI=1S/C20H18N2O4/c1-21-17-5-4-11(9-22-17)18-14-8-16(25-3)15(24-2)7-12(14)6-13-10-26-20(23)19(13)18/h4-9H,10H2,1-3H3,(H,21,22). The maximum atomic E-state index is 12.4. The highest BCUT2D eigenvalue weighted by molar-refractivity contribution is 6.11. The van der Waals surface area contributed by atoms with Gasteiger partial charge in [0.2, 0.25) is 0 Å². The van der Waals surface area contributed by atoms with Gasteiger partial charge < -0.3 is 19.5 Å². The lowest BCUT2D eigenvalue weighted by atomic mass is 9.91. The predicted octanol–water partition coefficient (Wildman–Crippen LogP) is 3.63. The molecular weight excluding hydrogens is 332 g/mol. The lowest BCUT2D eigenvalue weighted by molar-refractivity contribution is 0.0535. The molecule has 0 fully saturated rings. The molecule has 0 spiro atoms. The fourth-order valence-corrected chi connectivity index (χ4v) is 3.34. The molecule has 3 aromatic rings. The van der Waals surface area contributed by atoms with Crippen LogP contribution in [0.4, 0.5) is 5.82 Å². The Morgan fingerprint density at radius 2 is 1.85 bits per heavy atom. The molecule has 4 rings (SSSR count). The fraction of sp³-hybridized carbons (Fsp3) is 0.200. The summed E-state index contributed by atoms with van der Waals surface area (Å²) in [6, 6.07) is 9.59. The van der Waals surface area contributed by atoms with Crippen molar-refractivity contribution in [2.45, 2.75) is 6.61 Å². The number of anilines is 1. The van der Waals surface area contributed by atoms with Crippen molar-refractivity contribution < 1.29 is 19.0 Å². The molecule has 0 aliphatic carbocycles. The van der Waals surface area contributed by atoms with E-state index in [9.17, 15) is 4.79 Å². The molecule has 1 N–H and O–H groups in total. The van der Waals surface area contributed by atoms with Crippen molar-refractivity contribution in [2.75, 3.05) is 26.6 Å². The van der Waals surface area contributed by atoms with Gasteiger partial charge in [0.05, 0.1) is 19.8 Å². The van der Waals surface area contributed by atoms with Crippen LogP contribution in [0.25, 0.3) is 21.9 Å². The maximum Gasteiger partial charge on any atom is 0.339 e. The Bertz CT molecular complexity index is 1010. The van der Waals surface area contributed by atoms with Gasteiger partial charge in [0.15, 0.2) is 11.5 Å². The lowest BCUT2D eigenvalue weighted by Crippen LogP contribution is -2.00. The molecule has 2 heterocycles. The van der Waals surface area contributed by atoms with Gasteiger partial charge in [-0.25, -0.2) is 9.78 Å². The van der Waals surface area contributed by atoms with Crippen LogP contribution in [-0.4, -0.2) is 32.2 Å². The zero-order chi connectivity index (χ0) is 18.3. The Morgan fingerprint density at radius 3 is 2.50 bits per heavy atom. The van der Waals surface area contributed by atoms with Crippen LogP contribution >= 0.6 is 0 Å². The Hall–Kier alpha value is -3.28. The van der Waals surface area contributed by atoms with Crippen molar-refractivity contribution in [3.63, 3.8) is 0 Å². The van der Waals surface area contributed by atoms with E-state index in [0.29, 0.717) is 17.1 Å². The SMILES string of the molecule is CNc1ccc(-c2c3c(cc4cc(OC)c(OC)cc24)COC3=O)cn1. The summed E-state index contributed by atoms with van der Waals surface area (Å²) in [4.78, 5) is 16.8. The average molecular weight is 350 g/mol. The average Bonchev–Trinajstić information content (AvgIpc) is 3.05. The summed E-state index contributed by atoms with van der Waals surface area (Å²) in [7, 11) is 5.01. The van der Waals surface area contributed by atoms with E-state index in [1.165, 1.54) is 0 Å². The molecule has 26 heavy (non-hydrogen) atoms. The molecule has 0 saturated heterocycles. The van der Waals surface area contributed by atoms with E-state index in [0.717, 1.165) is 33.3 Å². The molecule has 0 radical (unpaired) electrons. The summed E-state index contributed by atoms with van der Waals surface area (Å²) in [5.74, 6) is 1.68. The third-order valence-corrected chi connectivity index (χ3v) is 4.60. The lowest BCUT2D eigenvalue weighted by Gasteiger charge is -2.15. The first-order valence-corrected chi connectivity index (χ1v) is 8.19. The number of pyridine rings is 1. The van der Waals surface area contributed by atoms with Crippen molar-refractivity contribution in [3.8, 4) is 22.6 Å². The van der Waals surface area contributed by atoms with Crippen LogP contribution in [0.5, 0.6) is 11.5 Å². The van der Waals surface area contributed by atoms with Crippen LogP contribution in [0, 0.1) is 0 Å². The summed E-state index contributed by atoms with van der Waals surface area (Å²) in [6.45, 7) is 0.271. The van der Waals surface area contributed by atoms with Gasteiger partial charge in [-0.05, 0) is 41.1 Å². The molecule has 1 aliphatic heterocycles. The van der Waals surface area contributed by atoms with Crippen LogP contribution in [0.2, 0.25) is 0 Å². The zero-order valence-electron chi connectivity index (χ0n) is 14.8. The van der Waals surface area contributed by atoms with Crippen molar-refractivity contribution >= 4 is 22.6 Å². The topological polar surface area (TPSA) is 69.7 Å². The van der Waals surface area contributed by atoms with Crippen molar-refractivity contribution in [1.82, 2.24) is 4.98 Å². The Morgan fingerprint density at radius 1 is 1.08 bits per heavy atom. The predicted molar refractivity (Wildman–Crippen MR) is 98.9 cm³/mol. The highest BCUT2D eigenvalue weighted by Crippen LogP contribution is 2.42. The summed E-state index contributed by atoms with van der Waals surface area (Å²) >= 11 is 0. The number of fused-ring (bicyclic) bond motifs is 2. The van der Waals surface area contributed by atoms with E-state index in [4.69, 9.17) is 14.2 Å². The number of cyclic esters (lactones) is 1. The highest BCUT2D eigenvalue weighted by atomic mass is 16.5. The van der Waals surface area contributed by atoms with E-state index in [1.807, 2.05) is 37.4 Å². The molecule has 1 aliphatic rings. The second-order valence-electron chi connectivity index (χ2n) is 5.97. The van der Waals surface area contributed by atoms with Gasteiger partial charge in [0.1, 0.15) is 12.4 Å². The van der Waals surface area contributed by atoms with Crippen LogP contribution in [0.15, 0.2) is 36.5 Å². The van der Waals surface area contributed by atoms with E-state index in [1.54, 1.807) is 20.4 Å². The molecule has 0 saturated carbocycles. The molecular formula is C20H18N2O4. The third kappa shape index (κ3) is 2.42. The van der Waals surface area contributed by atoms with Gasteiger partial charge in [0.25, 0.3) is 0 Å². The summed E-state index contributed by atoms with van der Waals surface area (Å²) in [5.41, 5.74) is 3.10. The van der Waals surface area contributed by atoms with Gasteiger partial charge in [-0.3, -0.25) is 0 Å². The van der Waals surface area contributed by atoms with E-state index in [2.05, 4.69) is 10.3 Å². The number of methoxy groups -OCH3 is 2. The molecule has 1 aromatic heterocycles. The van der Waals surface area contributed by atoms with Gasteiger partial charge >= 0.3 is 5.97 Å². The van der Waals surface area contributed by atoms with Crippen LogP contribution in [0.3, 0.4) is 0 Å². The van der Waals surface area contributed by atoms with Crippen molar-refractivity contribution in [3.05, 3.63) is 47.7 Å². The first-order valence-electron chi connectivity index (χ1n) is 8.19. The maximum absolute atomic E-state index is 12.4. The fourth-order valence-electron chi connectivity index (χ4n) is 3.34. The number of aromatic nitrogens is 1. The largest absolute Gasteiger partial charge is 0.493 e. The monoisotopic (exact) mass is 350 g/mol. The second kappa shape index (κ2) is 6.22. The van der Waals surface area contributed by atoms with Crippen molar-refractivity contribution in [2.24, 2.45) is 0 Å². The third-order valence-electron chi connectivity index (χ3n) is 4.60. The minimum absolute atomic E-state index is 0.271. The van der Waals surface area contributed by atoms with E-state index < -0.39 is 0 Å². The minimum atomic E-state index is -0.315. The number of carbonyl (C=O) groups is 1. The first kappa shape index (κ1) is 16.2. The number of nitrogens with one attached hydrogen (secondary N) is 1. The molecule has 0 amide bonds. The summed E-state index contributed by atoms with van der Waals surface area (Å²) in [6.07, 6.45) is 1.75. The summed E-state index contributed by atoms with van der Waals surface area (Å²) in [5, 5.41) is 4.84. The zero-order valence-corrected chi connectivity index (χ0v) is 14.8. The Kier molecular flexibility index (Phi) is 3.88. The second-order valence-corrected chi connectivity index (χ2v) is 5.97.